The monoisotopic (exact) mass is 381 g/mol. The van der Waals surface area contributed by atoms with Gasteiger partial charge in [0.15, 0.2) is 0 Å². The second kappa shape index (κ2) is 16.0. The van der Waals surface area contributed by atoms with Gasteiger partial charge in [0.2, 0.25) is 0 Å². The maximum Gasteiger partial charge on any atom is 2.00 e. The first-order valence-electron chi connectivity index (χ1n) is 4.11. The van der Waals surface area contributed by atoms with E-state index in [-0.39, 0.29) is 68.0 Å². The van der Waals surface area contributed by atoms with Crippen molar-refractivity contribution in [2.45, 2.75) is 20.3 Å². The molecule has 1 aromatic rings. The molecule has 0 aliphatic heterocycles. The van der Waals surface area contributed by atoms with Crippen LogP contribution in [0, 0.1) is 41.7 Å². The van der Waals surface area contributed by atoms with Crippen LogP contribution in [0.2, 0.25) is 0 Å². The number of hydrogen-bond donors (Lipinski definition) is 0. The van der Waals surface area contributed by atoms with Gasteiger partial charge in [0.1, 0.15) is 0 Å². The number of aryl methyl sites for hydroxylation is 1. The summed E-state index contributed by atoms with van der Waals surface area (Å²) in [5, 5.41) is 3.74. The Balaban J connectivity index is -0.000000150. The molecule has 1 rings (SSSR count). The number of rotatable bonds is 2. The molecule has 0 atom stereocenters. The van der Waals surface area contributed by atoms with Gasteiger partial charge in [-0.15, -0.1) is 0 Å². The molecule has 0 aliphatic carbocycles. The summed E-state index contributed by atoms with van der Waals surface area (Å²) < 4.78 is 0. The van der Waals surface area contributed by atoms with Crippen LogP contribution in [0.4, 0.5) is 0 Å². The Morgan fingerprint density at radius 2 is 1.54 bits per heavy atom. The van der Waals surface area contributed by atoms with Crippen LogP contribution in [0.3, 0.4) is 0 Å². The average molecular weight is 383 g/mol. The minimum atomic E-state index is 0. The summed E-state index contributed by atoms with van der Waals surface area (Å²) in [6.45, 7) is 5.12. The third-order valence-electron chi connectivity index (χ3n) is 1.46. The summed E-state index contributed by atoms with van der Waals surface area (Å²) in [4.78, 5) is 0. The minimum Gasteiger partial charge on any atom is -0.665 e. The van der Waals surface area contributed by atoms with E-state index in [1.165, 1.54) is 5.56 Å². The van der Waals surface area contributed by atoms with Crippen LogP contribution in [-0.2, 0) is 32.6 Å². The van der Waals surface area contributed by atoms with Gasteiger partial charge in [-0.05, 0) is 0 Å². The van der Waals surface area contributed by atoms with Crippen LogP contribution < -0.4 is 0 Å². The Labute approximate surface area is 135 Å². The zero-order chi connectivity index (χ0) is 8.53. The zero-order valence-corrected chi connectivity index (χ0v) is 14.3. The van der Waals surface area contributed by atoms with E-state index in [9.17, 15) is 0 Å². The summed E-state index contributed by atoms with van der Waals surface area (Å²) in [5.41, 5.74) is 1.43. The summed E-state index contributed by atoms with van der Waals surface area (Å²) in [7, 11) is 1.81. The molecule has 0 heterocycles. The second-order valence-corrected chi connectivity index (χ2v) is 2.28. The molecule has 70 valence electrons. The van der Waals surface area contributed by atoms with E-state index in [4.69, 9.17) is 0 Å². The molecular formula is C10H17CeNZr. The molecule has 1 aromatic carbocycles. The van der Waals surface area contributed by atoms with E-state index in [2.05, 4.69) is 36.5 Å². The Morgan fingerprint density at radius 1 is 1.15 bits per heavy atom. The van der Waals surface area contributed by atoms with E-state index in [1.807, 2.05) is 6.92 Å². The van der Waals surface area contributed by atoms with Crippen LogP contribution in [0.5, 0.6) is 0 Å². The molecule has 0 amide bonds. The molecule has 13 heavy (non-hydrogen) atoms. The van der Waals surface area contributed by atoms with Crippen molar-refractivity contribution in [1.29, 1.82) is 0 Å². The topological polar surface area (TPSA) is 14.1 Å². The van der Waals surface area contributed by atoms with Crippen LogP contribution >= 0.6 is 0 Å². The molecule has 0 fully saturated rings. The summed E-state index contributed by atoms with van der Waals surface area (Å²) in [6.07, 6.45) is 1.16. The fourth-order valence-electron chi connectivity index (χ4n) is 0.650. The molecule has 3 heteroatoms. The van der Waals surface area contributed by atoms with Crippen molar-refractivity contribution in [3.8, 4) is 0 Å². The van der Waals surface area contributed by atoms with Crippen LogP contribution in [0.15, 0.2) is 24.3 Å². The molecule has 0 radical (unpaired) electrons. The third kappa shape index (κ3) is 13.6. The molecule has 0 unspecified atom stereocenters. The Kier molecular flexibility index (Phi) is 24.7. The molecule has 0 spiro atoms. The molecule has 0 aliphatic rings. The van der Waals surface area contributed by atoms with Gasteiger partial charge < -0.3 is 5.32 Å². The Morgan fingerprint density at radius 3 is 1.69 bits per heavy atom. The predicted octanol–water partition coefficient (Wildman–Crippen LogP) is 2.98. The summed E-state index contributed by atoms with van der Waals surface area (Å²) in [5.74, 6) is 0. The SMILES string of the molecule is CC[N-]C.CC[c-]1cccc1.[Ce].[Zr+2]. The quantitative estimate of drug-likeness (QED) is 0.698. The standard InChI is InChI=1S/C7H9.C3H8N.Ce.Zr/c1-2-7-5-3-4-6-7;1-3-4-2;;/h3-6H,2H2,1H3;3H2,1-2H3;;/q2*-1;;+2. The van der Waals surface area contributed by atoms with E-state index in [0.29, 0.717) is 0 Å². The molecule has 0 saturated heterocycles. The van der Waals surface area contributed by atoms with E-state index >= 15 is 0 Å². The first-order chi connectivity index (χ1) is 5.35. The van der Waals surface area contributed by atoms with Gasteiger partial charge in [-0.3, -0.25) is 0 Å². The minimum absolute atomic E-state index is 0. The first kappa shape index (κ1) is 20.0. The molecular weight excluding hydrogens is 365 g/mol. The van der Waals surface area contributed by atoms with Crippen molar-refractivity contribution in [2.75, 3.05) is 13.6 Å². The Hall–Kier alpha value is 1.57. The van der Waals surface area contributed by atoms with Crippen molar-refractivity contribution in [3.63, 3.8) is 0 Å². The van der Waals surface area contributed by atoms with Crippen molar-refractivity contribution < 1.29 is 68.0 Å². The first-order valence-corrected chi connectivity index (χ1v) is 4.11. The van der Waals surface area contributed by atoms with Gasteiger partial charge in [0.05, 0.1) is 0 Å². The molecule has 0 bridgehead atoms. The second-order valence-electron chi connectivity index (χ2n) is 2.28. The largest absolute Gasteiger partial charge is 2.00 e. The third-order valence-corrected chi connectivity index (χ3v) is 1.46. The fraction of sp³-hybridized carbons (Fsp3) is 0.500. The van der Waals surface area contributed by atoms with E-state index < -0.39 is 0 Å². The molecule has 0 saturated carbocycles. The van der Waals surface area contributed by atoms with Crippen molar-refractivity contribution >= 4 is 0 Å². The van der Waals surface area contributed by atoms with Gasteiger partial charge in [0.25, 0.3) is 0 Å². The number of nitrogens with zero attached hydrogens (tertiary/aromatic N) is 1. The predicted molar refractivity (Wildman–Crippen MR) is 51.2 cm³/mol. The van der Waals surface area contributed by atoms with E-state index in [0.717, 1.165) is 13.0 Å². The van der Waals surface area contributed by atoms with Gasteiger partial charge >= 0.3 is 26.2 Å². The summed E-state index contributed by atoms with van der Waals surface area (Å²) >= 11 is 0. The molecule has 0 aromatic heterocycles. The van der Waals surface area contributed by atoms with Gasteiger partial charge in [-0.25, -0.2) is 12.1 Å². The number of hydrogen-bond acceptors (Lipinski definition) is 0. The van der Waals surface area contributed by atoms with Gasteiger partial charge in [-0.2, -0.15) is 31.3 Å². The zero-order valence-electron chi connectivity index (χ0n) is 8.67. The maximum absolute atomic E-state index is 3.74. The van der Waals surface area contributed by atoms with Crippen molar-refractivity contribution in [1.82, 2.24) is 0 Å². The van der Waals surface area contributed by atoms with Gasteiger partial charge in [0, 0.05) is 41.7 Å². The van der Waals surface area contributed by atoms with Crippen molar-refractivity contribution in [2.24, 2.45) is 0 Å². The Bertz CT molecular complexity index is 150. The van der Waals surface area contributed by atoms with Crippen LogP contribution in [0.1, 0.15) is 19.4 Å². The maximum atomic E-state index is 3.74. The fourth-order valence-corrected chi connectivity index (χ4v) is 0.650. The summed E-state index contributed by atoms with van der Waals surface area (Å²) in [6, 6.07) is 8.41. The normalized spacial score (nSPS) is 7.31. The van der Waals surface area contributed by atoms with Crippen molar-refractivity contribution in [3.05, 3.63) is 35.1 Å². The smallest absolute Gasteiger partial charge is 0.665 e. The molecule has 0 N–H and O–H groups in total. The molecule has 1 nitrogen and oxygen atoms in total. The average Bonchev–Trinajstić information content (AvgIpc) is 2.56. The van der Waals surface area contributed by atoms with Gasteiger partial charge in [-0.1, -0.05) is 20.3 Å². The van der Waals surface area contributed by atoms with Crippen LogP contribution in [-0.4, -0.2) is 13.6 Å². The van der Waals surface area contributed by atoms with Crippen LogP contribution in [0.25, 0.3) is 5.32 Å². The van der Waals surface area contributed by atoms with E-state index in [1.54, 1.807) is 7.05 Å².